The number of benzene rings is 3. The molecule has 0 aliphatic heterocycles. The van der Waals surface area contributed by atoms with Gasteiger partial charge in [-0.2, -0.15) is 13.2 Å². The molecular formula is C26H27F3N4O. The Labute approximate surface area is 196 Å². The fraction of sp³-hybridized carbons (Fsp3) is 0.269. The first-order valence-corrected chi connectivity index (χ1v) is 11.2. The standard InChI is InChI=1S/C26H27F3N4O/c1-3-32(4-2)17-19-8-7-10-22(24(19)34)31-25-30-21-9-5-6-11-23(21)33(25)16-18-12-14-20(15-13-18)26(27,28)29/h5-15,34H,3-4,16-17H2,1-2H3,(H,30,31). The Morgan fingerprint density at radius 1 is 0.941 bits per heavy atom. The van der Waals surface area contributed by atoms with Crippen molar-refractivity contribution in [2.45, 2.75) is 33.1 Å². The highest BCUT2D eigenvalue weighted by molar-refractivity contribution is 5.80. The van der Waals surface area contributed by atoms with Crippen LogP contribution in [0.15, 0.2) is 66.7 Å². The molecule has 0 unspecified atom stereocenters. The number of halogens is 3. The number of hydrogen-bond donors (Lipinski definition) is 2. The van der Waals surface area contributed by atoms with E-state index in [0.717, 1.165) is 41.8 Å². The largest absolute Gasteiger partial charge is 0.505 e. The lowest BCUT2D eigenvalue weighted by Crippen LogP contribution is -2.22. The normalized spacial score (nSPS) is 11.9. The molecule has 0 fully saturated rings. The fourth-order valence-corrected chi connectivity index (χ4v) is 3.94. The van der Waals surface area contributed by atoms with Gasteiger partial charge >= 0.3 is 6.18 Å². The first-order valence-electron chi connectivity index (χ1n) is 11.2. The van der Waals surface area contributed by atoms with Crippen LogP contribution >= 0.6 is 0 Å². The summed E-state index contributed by atoms with van der Waals surface area (Å²) in [5.74, 6) is 0.652. The maximum atomic E-state index is 13.0. The second-order valence-corrected chi connectivity index (χ2v) is 8.10. The molecule has 3 aromatic carbocycles. The van der Waals surface area contributed by atoms with E-state index in [-0.39, 0.29) is 5.75 Å². The Hall–Kier alpha value is -3.52. The van der Waals surface area contributed by atoms with Gasteiger partial charge in [-0.15, -0.1) is 0 Å². The number of phenolic OH excluding ortho intramolecular Hbond substituents is 1. The van der Waals surface area contributed by atoms with Crippen LogP contribution in [0.1, 0.15) is 30.5 Å². The van der Waals surface area contributed by atoms with Crippen molar-refractivity contribution in [1.82, 2.24) is 14.5 Å². The monoisotopic (exact) mass is 468 g/mol. The van der Waals surface area contributed by atoms with Crippen molar-refractivity contribution in [2.75, 3.05) is 18.4 Å². The minimum atomic E-state index is -4.37. The molecule has 0 aliphatic rings. The zero-order valence-electron chi connectivity index (χ0n) is 19.1. The average molecular weight is 469 g/mol. The van der Waals surface area contributed by atoms with E-state index in [2.05, 4.69) is 29.0 Å². The van der Waals surface area contributed by atoms with Gasteiger partial charge in [-0.25, -0.2) is 4.98 Å². The molecule has 0 radical (unpaired) electrons. The number of phenols is 1. The predicted octanol–water partition coefficient (Wildman–Crippen LogP) is 6.39. The Balaban J connectivity index is 1.67. The maximum absolute atomic E-state index is 13.0. The predicted molar refractivity (Wildman–Crippen MR) is 128 cm³/mol. The van der Waals surface area contributed by atoms with Crippen molar-refractivity contribution in [3.8, 4) is 5.75 Å². The lowest BCUT2D eigenvalue weighted by molar-refractivity contribution is -0.137. The number of imidazole rings is 1. The minimum Gasteiger partial charge on any atom is -0.505 e. The van der Waals surface area contributed by atoms with Crippen LogP contribution in [0.4, 0.5) is 24.8 Å². The Morgan fingerprint density at radius 3 is 2.32 bits per heavy atom. The summed E-state index contributed by atoms with van der Waals surface area (Å²) in [6, 6.07) is 18.2. The van der Waals surface area contributed by atoms with Gasteiger partial charge in [0.1, 0.15) is 5.75 Å². The summed E-state index contributed by atoms with van der Waals surface area (Å²) in [5, 5.41) is 14.2. The third-order valence-corrected chi connectivity index (χ3v) is 5.93. The number of aromatic hydroxyl groups is 1. The quantitative estimate of drug-likeness (QED) is 0.294. The van der Waals surface area contributed by atoms with E-state index < -0.39 is 11.7 Å². The summed E-state index contributed by atoms with van der Waals surface area (Å²) in [7, 11) is 0. The van der Waals surface area contributed by atoms with Gasteiger partial charge in [0.05, 0.1) is 28.8 Å². The number of nitrogens with one attached hydrogen (secondary N) is 1. The number of anilines is 2. The van der Waals surface area contributed by atoms with Gasteiger partial charge in [-0.1, -0.05) is 50.2 Å². The molecule has 0 saturated heterocycles. The zero-order chi connectivity index (χ0) is 24.3. The third kappa shape index (κ3) is 5.02. The van der Waals surface area contributed by atoms with Crippen LogP contribution in [0, 0.1) is 0 Å². The van der Waals surface area contributed by atoms with Crippen molar-refractivity contribution in [3.63, 3.8) is 0 Å². The Morgan fingerprint density at radius 2 is 1.65 bits per heavy atom. The number of para-hydroxylation sites is 3. The first-order chi connectivity index (χ1) is 16.3. The van der Waals surface area contributed by atoms with Crippen molar-refractivity contribution >= 4 is 22.7 Å². The third-order valence-electron chi connectivity index (χ3n) is 5.93. The van der Waals surface area contributed by atoms with Gasteiger partial charge in [-0.05, 0) is 49.0 Å². The molecule has 0 atom stereocenters. The van der Waals surface area contributed by atoms with Crippen LogP contribution in [-0.2, 0) is 19.3 Å². The molecule has 4 rings (SSSR count). The molecule has 5 nitrogen and oxygen atoms in total. The van der Waals surface area contributed by atoms with Crippen LogP contribution in [0.5, 0.6) is 5.75 Å². The van der Waals surface area contributed by atoms with E-state index in [9.17, 15) is 18.3 Å². The van der Waals surface area contributed by atoms with Crippen LogP contribution in [0.2, 0.25) is 0 Å². The molecule has 0 amide bonds. The number of rotatable bonds is 8. The van der Waals surface area contributed by atoms with E-state index in [1.165, 1.54) is 12.1 Å². The summed E-state index contributed by atoms with van der Waals surface area (Å²) >= 11 is 0. The van der Waals surface area contributed by atoms with Crippen molar-refractivity contribution in [3.05, 3.63) is 83.4 Å². The molecule has 34 heavy (non-hydrogen) atoms. The van der Waals surface area contributed by atoms with E-state index in [1.807, 2.05) is 41.0 Å². The van der Waals surface area contributed by atoms with Crippen molar-refractivity contribution in [2.24, 2.45) is 0 Å². The number of fused-ring (bicyclic) bond motifs is 1. The summed E-state index contributed by atoms with van der Waals surface area (Å²) in [5.41, 5.74) is 2.94. The van der Waals surface area contributed by atoms with Gasteiger partial charge in [0.15, 0.2) is 0 Å². The SMILES string of the molecule is CCN(CC)Cc1cccc(Nc2nc3ccccc3n2Cc2ccc(C(F)(F)F)cc2)c1O. The highest BCUT2D eigenvalue weighted by atomic mass is 19.4. The lowest BCUT2D eigenvalue weighted by Gasteiger charge is -2.20. The van der Waals surface area contributed by atoms with Crippen molar-refractivity contribution in [1.29, 1.82) is 0 Å². The summed E-state index contributed by atoms with van der Waals surface area (Å²) < 4.78 is 40.8. The lowest BCUT2D eigenvalue weighted by atomic mass is 10.1. The molecular weight excluding hydrogens is 441 g/mol. The Kier molecular flexibility index (Phi) is 6.79. The second kappa shape index (κ2) is 9.77. The first kappa shape index (κ1) is 23.6. The van der Waals surface area contributed by atoms with Gasteiger partial charge in [0, 0.05) is 12.1 Å². The highest BCUT2D eigenvalue weighted by Crippen LogP contribution is 2.33. The maximum Gasteiger partial charge on any atom is 0.416 e. The molecule has 0 saturated carbocycles. The van der Waals surface area contributed by atoms with Crippen LogP contribution in [-0.4, -0.2) is 32.6 Å². The topological polar surface area (TPSA) is 53.3 Å². The van der Waals surface area contributed by atoms with E-state index in [4.69, 9.17) is 0 Å². The molecule has 178 valence electrons. The number of alkyl halides is 3. The molecule has 1 heterocycles. The second-order valence-electron chi connectivity index (χ2n) is 8.10. The molecule has 2 N–H and O–H groups in total. The molecule has 4 aromatic rings. The molecule has 0 spiro atoms. The fourth-order valence-electron chi connectivity index (χ4n) is 3.94. The van der Waals surface area contributed by atoms with E-state index in [1.54, 1.807) is 6.07 Å². The molecule has 8 heteroatoms. The molecule has 0 bridgehead atoms. The number of hydrogen-bond acceptors (Lipinski definition) is 4. The number of aromatic nitrogens is 2. The summed E-state index contributed by atoms with van der Waals surface area (Å²) in [6.45, 7) is 6.84. The summed E-state index contributed by atoms with van der Waals surface area (Å²) in [6.07, 6.45) is -4.37. The molecule has 1 aromatic heterocycles. The van der Waals surface area contributed by atoms with Crippen LogP contribution in [0.3, 0.4) is 0 Å². The van der Waals surface area contributed by atoms with Gasteiger partial charge < -0.3 is 15.0 Å². The van der Waals surface area contributed by atoms with E-state index >= 15 is 0 Å². The van der Waals surface area contributed by atoms with Gasteiger partial charge in [-0.3, -0.25) is 4.90 Å². The molecule has 0 aliphatic carbocycles. The smallest absolute Gasteiger partial charge is 0.416 e. The summed E-state index contributed by atoms with van der Waals surface area (Å²) in [4.78, 5) is 6.88. The van der Waals surface area contributed by atoms with Crippen molar-refractivity contribution < 1.29 is 18.3 Å². The number of nitrogens with zero attached hydrogens (tertiary/aromatic N) is 3. The highest BCUT2D eigenvalue weighted by Gasteiger charge is 2.30. The Bertz CT molecular complexity index is 1260. The van der Waals surface area contributed by atoms with Gasteiger partial charge in [0.2, 0.25) is 5.95 Å². The van der Waals surface area contributed by atoms with Crippen LogP contribution in [0.25, 0.3) is 11.0 Å². The average Bonchev–Trinajstić information content (AvgIpc) is 3.16. The van der Waals surface area contributed by atoms with E-state index in [0.29, 0.717) is 30.3 Å². The van der Waals surface area contributed by atoms with Crippen LogP contribution < -0.4 is 5.32 Å². The zero-order valence-corrected chi connectivity index (χ0v) is 19.1. The minimum absolute atomic E-state index is 0.155. The van der Waals surface area contributed by atoms with Gasteiger partial charge in [0.25, 0.3) is 0 Å².